The number of aromatic nitrogens is 2. The van der Waals surface area contributed by atoms with Gasteiger partial charge < -0.3 is 9.14 Å². The molecule has 0 atom stereocenters. The Labute approximate surface area is 182 Å². The van der Waals surface area contributed by atoms with Crippen LogP contribution in [0.15, 0.2) is 97.3 Å². The first-order valence-corrected chi connectivity index (χ1v) is 10.6. The van der Waals surface area contributed by atoms with Crippen LogP contribution in [0.5, 0.6) is 5.75 Å². The SMILES string of the molecule is CCc1ccn2cc(-c3ccc(-c4ccccc4)cc3)nc2c1-c1cccc(OC)c1. The van der Waals surface area contributed by atoms with Crippen LogP contribution < -0.4 is 4.74 Å². The molecule has 0 saturated heterocycles. The van der Waals surface area contributed by atoms with Crippen molar-refractivity contribution in [3.8, 4) is 39.3 Å². The molecule has 0 saturated carbocycles. The number of nitrogens with zero attached hydrogens (tertiary/aromatic N) is 2. The molecule has 0 aliphatic carbocycles. The van der Waals surface area contributed by atoms with Gasteiger partial charge in [0.25, 0.3) is 0 Å². The second-order valence-corrected chi connectivity index (χ2v) is 7.60. The Morgan fingerprint density at radius 2 is 1.48 bits per heavy atom. The smallest absolute Gasteiger partial charge is 0.145 e. The van der Waals surface area contributed by atoms with Gasteiger partial charge in [0.15, 0.2) is 0 Å². The molecule has 2 heterocycles. The first-order chi connectivity index (χ1) is 15.3. The highest BCUT2D eigenvalue weighted by atomic mass is 16.5. The molecule has 5 aromatic rings. The monoisotopic (exact) mass is 404 g/mol. The van der Waals surface area contributed by atoms with Crippen molar-refractivity contribution < 1.29 is 4.74 Å². The van der Waals surface area contributed by atoms with Crippen molar-refractivity contribution in [2.45, 2.75) is 13.3 Å². The molecule has 0 fully saturated rings. The van der Waals surface area contributed by atoms with Gasteiger partial charge in [0.2, 0.25) is 0 Å². The number of hydrogen-bond acceptors (Lipinski definition) is 2. The minimum absolute atomic E-state index is 0.852. The summed E-state index contributed by atoms with van der Waals surface area (Å²) in [5.41, 5.74) is 9.03. The molecular formula is C28H24N2O. The number of ether oxygens (including phenoxy) is 1. The van der Waals surface area contributed by atoms with Crippen LogP contribution in [0.1, 0.15) is 12.5 Å². The minimum Gasteiger partial charge on any atom is -0.497 e. The lowest BCUT2D eigenvalue weighted by atomic mass is 9.99. The van der Waals surface area contributed by atoms with Gasteiger partial charge in [0.05, 0.1) is 12.8 Å². The number of pyridine rings is 1. The van der Waals surface area contributed by atoms with Crippen molar-refractivity contribution in [3.63, 3.8) is 0 Å². The topological polar surface area (TPSA) is 26.5 Å². The van der Waals surface area contributed by atoms with Gasteiger partial charge in [-0.05, 0) is 46.9 Å². The zero-order valence-corrected chi connectivity index (χ0v) is 17.7. The molecule has 31 heavy (non-hydrogen) atoms. The summed E-state index contributed by atoms with van der Waals surface area (Å²) >= 11 is 0. The van der Waals surface area contributed by atoms with E-state index in [0.717, 1.165) is 40.2 Å². The molecule has 0 unspecified atom stereocenters. The number of fused-ring (bicyclic) bond motifs is 1. The standard InChI is InChI=1S/C28H24N2O/c1-3-20-16-17-30-19-26(23-14-12-22(13-15-23)21-8-5-4-6-9-21)29-28(30)27(20)24-10-7-11-25(18-24)31-2/h4-19H,3H2,1-2H3. The molecule has 0 N–H and O–H groups in total. The number of methoxy groups -OCH3 is 1. The van der Waals surface area contributed by atoms with E-state index in [-0.39, 0.29) is 0 Å². The Morgan fingerprint density at radius 1 is 0.774 bits per heavy atom. The quantitative estimate of drug-likeness (QED) is 0.318. The Morgan fingerprint density at radius 3 is 2.23 bits per heavy atom. The van der Waals surface area contributed by atoms with E-state index in [2.05, 4.69) is 90.4 Å². The van der Waals surface area contributed by atoms with E-state index in [9.17, 15) is 0 Å². The van der Waals surface area contributed by atoms with Crippen molar-refractivity contribution in [2.75, 3.05) is 7.11 Å². The summed E-state index contributed by atoms with van der Waals surface area (Å²) in [5, 5.41) is 0. The summed E-state index contributed by atoms with van der Waals surface area (Å²) in [6.07, 6.45) is 5.15. The van der Waals surface area contributed by atoms with E-state index < -0.39 is 0 Å². The van der Waals surface area contributed by atoms with Crippen LogP contribution in [0.3, 0.4) is 0 Å². The molecule has 3 heteroatoms. The molecule has 152 valence electrons. The highest BCUT2D eigenvalue weighted by Gasteiger charge is 2.14. The van der Waals surface area contributed by atoms with E-state index in [0.29, 0.717) is 0 Å². The summed E-state index contributed by atoms with van der Waals surface area (Å²) in [5.74, 6) is 0.852. The first-order valence-electron chi connectivity index (χ1n) is 10.6. The molecular weight excluding hydrogens is 380 g/mol. The average Bonchev–Trinajstić information content (AvgIpc) is 3.28. The van der Waals surface area contributed by atoms with Gasteiger partial charge in [-0.25, -0.2) is 4.98 Å². The third-order valence-corrected chi connectivity index (χ3v) is 5.74. The molecule has 0 radical (unpaired) electrons. The molecule has 5 rings (SSSR count). The molecule has 2 aromatic heterocycles. The Balaban J connectivity index is 1.60. The van der Waals surface area contributed by atoms with E-state index >= 15 is 0 Å². The maximum atomic E-state index is 5.46. The fourth-order valence-electron chi connectivity index (χ4n) is 4.08. The predicted octanol–water partition coefficient (Wildman–Crippen LogP) is 6.91. The van der Waals surface area contributed by atoms with Gasteiger partial charge in [-0.3, -0.25) is 0 Å². The van der Waals surface area contributed by atoms with Crippen LogP contribution in [0.25, 0.3) is 39.2 Å². The fraction of sp³-hybridized carbons (Fsp3) is 0.107. The maximum absolute atomic E-state index is 5.46. The molecule has 0 aliphatic rings. The van der Waals surface area contributed by atoms with E-state index in [1.165, 1.54) is 16.7 Å². The van der Waals surface area contributed by atoms with Crippen LogP contribution in [0.2, 0.25) is 0 Å². The summed E-state index contributed by atoms with van der Waals surface area (Å²) in [7, 11) is 1.70. The molecule has 0 amide bonds. The van der Waals surface area contributed by atoms with Crippen LogP contribution in [0.4, 0.5) is 0 Å². The lowest BCUT2D eigenvalue weighted by Gasteiger charge is -2.11. The number of imidazole rings is 1. The Bertz CT molecular complexity index is 1340. The van der Waals surface area contributed by atoms with Gasteiger partial charge in [0.1, 0.15) is 11.4 Å². The van der Waals surface area contributed by atoms with Crippen molar-refractivity contribution in [1.82, 2.24) is 9.38 Å². The van der Waals surface area contributed by atoms with Gasteiger partial charge in [-0.2, -0.15) is 0 Å². The highest BCUT2D eigenvalue weighted by Crippen LogP contribution is 2.33. The molecule has 3 nitrogen and oxygen atoms in total. The Kier molecular flexibility index (Phi) is 5.01. The zero-order valence-electron chi connectivity index (χ0n) is 17.7. The Hall–Kier alpha value is -3.85. The molecule has 0 spiro atoms. The van der Waals surface area contributed by atoms with Crippen LogP contribution in [-0.4, -0.2) is 16.5 Å². The predicted molar refractivity (Wildman–Crippen MR) is 127 cm³/mol. The van der Waals surface area contributed by atoms with Gasteiger partial charge in [-0.1, -0.05) is 73.7 Å². The van der Waals surface area contributed by atoms with Gasteiger partial charge >= 0.3 is 0 Å². The van der Waals surface area contributed by atoms with Crippen molar-refractivity contribution in [1.29, 1.82) is 0 Å². The second kappa shape index (κ2) is 8.11. The molecule has 0 aliphatic heterocycles. The molecule has 3 aromatic carbocycles. The van der Waals surface area contributed by atoms with Crippen molar-refractivity contribution >= 4 is 5.65 Å². The van der Waals surface area contributed by atoms with Gasteiger partial charge in [0, 0.05) is 23.5 Å². The summed E-state index contributed by atoms with van der Waals surface area (Å²) < 4.78 is 7.58. The minimum atomic E-state index is 0.852. The van der Waals surface area contributed by atoms with Crippen molar-refractivity contribution in [2.24, 2.45) is 0 Å². The number of benzene rings is 3. The zero-order chi connectivity index (χ0) is 21.2. The number of aryl methyl sites for hydroxylation is 1. The number of rotatable bonds is 5. The fourth-order valence-corrected chi connectivity index (χ4v) is 4.08. The van der Waals surface area contributed by atoms with E-state index in [1.54, 1.807) is 7.11 Å². The summed E-state index contributed by atoms with van der Waals surface area (Å²) in [4.78, 5) is 5.05. The van der Waals surface area contributed by atoms with E-state index in [4.69, 9.17) is 9.72 Å². The average molecular weight is 405 g/mol. The first kappa shape index (κ1) is 19.1. The third kappa shape index (κ3) is 3.59. The van der Waals surface area contributed by atoms with Crippen LogP contribution >= 0.6 is 0 Å². The highest BCUT2D eigenvalue weighted by molar-refractivity contribution is 5.83. The maximum Gasteiger partial charge on any atom is 0.145 e. The lowest BCUT2D eigenvalue weighted by Crippen LogP contribution is -1.95. The summed E-state index contributed by atoms with van der Waals surface area (Å²) in [6, 6.07) is 29.5. The number of hydrogen-bond donors (Lipinski definition) is 0. The van der Waals surface area contributed by atoms with Crippen LogP contribution in [-0.2, 0) is 6.42 Å². The largest absolute Gasteiger partial charge is 0.497 e. The van der Waals surface area contributed by atoms with Gasteiger partial charge in [-0.15, -0.1) is 0 Å². The van der Waals surface area contributed by atoms with E-state index in [1.807, 2.05) is 18.2 Å². The van der Waals surface area contributed by atoms with Crippen LogP contribution in [0, 0.1) is 0 Å². The van der Waals surface area contributed by atoms with Crippen molar-refractivity contribution in [3.05, 3.63) is 103 Å². The second-order valence-electron chi connectivity index (χ2n) is 7.60. The lowest BCUT2D eigenvalue weighted by molar-refractivity contribution is 0.415. The molecule has 0 bridgehead atoms. The normalized spacial score (nSPS) is 11.0. The summed E-state index contributed by atoms with van der Waals surface area (Å²) in [6.45, 7) is 2.18. The third-order valence-electron chi connectivity index (χ3n) is 5.74.